The molecule has 0 aromatic rings. The Balaban J connectivity index is -0.0000000127. The second kappa shape index (κ2) is 91.8. The Morgan fingerprint density at radius 3 is 0.462 bits per heavy atom. The van der Waals surface area contributed by atoms with E-state index in [0.29, 0.717) is 0 Å². The summed E-state index contributed by atoms with van der Waals surface area (Å²) < 4.78 is 0. The number of nitrogens with zero attached hydrogens (tertiary/aromatic N) is 1. The van der Waals surface area contributed by atoms with E-state index in [1.165, 1.54) is 0 Å². The molecule has 0 amide bonds. The smallest absolute Gasteiger partial charge is 2.00 e. The molecule has 239 valence electrons. The third kappa shape index (κ3) is 3900. The molecule has 0 aliphatic rings. The van der Waals surface area contributed by atoms with E-state index in [0.717, 1.165) is 48.5 Å². The largest absolute Gasteiger partial charge is 3.00 e. The second-order valence-corrected chi connectivity index (χ2v) is 3.69. The maximum absolute atomic E-state index is 9.00. The van der Waals surface area contributed by atoms with Crippen LogP contribution in [0.25, 0.3) is 0 Å². The number of carboxylic acid groups (broad SMARTS) is 7. The van der Waals surface area contributed by atoms with Crippen LogP contribution in [0, 0.1) is 15.3 Å². The van der Waals surface area contributed by atoms with Crippen molar-refractivity contribution in [2.45, 2.75) is 48.5 Å². The fourth-order valence-corrected chi connectivity index (χ4v) is 0. The van der Waals surface area contributed by atoms with Gasteiger partial charge in [0.05, 0.1) is 5.09 Å². The molecule has 0 saturated heterocycles. The van der Waals surface area contributed by atoms with E-state index in [9.17, 15) is 0 Å². The van der Waals surface area contributed by atoms with Crippen LogP contribution in [-0.4, -0.2) is 52.0 Å². The number of carbonyl (C=O) groups is 7. The molecule has 0 aromatic carbocycles. The monoisotopic (exact) mass is 717 g/mol. The van der Waals surface area contributed by atoms with Gasteiger partial charge in [-0.1, -0.05) is 0 Å². The molecule has 0 aliphatic heterocycles. The predicted octanol–water partition coefficient (Wildman–Crippen LogP) is -10.5. The molecule has 0 aromatic heterocycles. The molecule has 0 saturated carbocycles. The topological polar surface area (TPSA) is 472 Å². The zero-order valence-corrected chi connectivity index (χ0v) is 24.4. The maximum Gasteiger partial charge on any atom is 3.00 e. The van der Waals surface area contributed by atoms with Gasteiger partial charge in [-0.3, -0.25) is 4.79 Å². The summed E-state index contributed by atoms with van der Waals surface area (Å²) in [7, 11) is 0. The van der Waals surface area contributed by atoms with Gasteiger partial charge < -0.3 is 102 Å². The third-order valence-electron chi connectivity index (χ3n) is 0. The SMILES string of the molecule is CC(=O)O.CC(=O)[O-].CC(=O)[O-].CC(=O)[O-].CC(=O)[O-].CC(=O)[O-].CC(=O)[O-].O=[N+]([O-])[O-].[Fe+3].[Fe+3].[Fe+3].[O-2].[OH3+].[OH3+].[OH3+]. The van der Waals surface area contributed by atoms with E-state index in [2.05, 4.69) is 0 Å². The standard InChI is InChI=1S/7C2H4O2.3Fe.NO3.3H2O.O/c7*1-2(3)4;;;;2-1(3)4;;;;/h7*1H3,(H,3,4);;;;;3*1H2;/q;;;;;;;3*+3;-1;;;;-2/p-3. The molecule has 3 radical (unpaired) electrons. The molecule has 39 heavy (non-hydrogen) atoms. The summed E-state index contributed by atoms with van der Waals surface area (Å²) in [4.78, 5) is 70.6. The zero-order valence-electron chi connectivity index (χ0n) is 21.1. The number of carbonyl (C=O) groups excluding carboxylic acids is 6. The molecular formula is C14H31Fe3NO21+3. The van der Waals surface area contributed by atoms with E-state index >= 15 is 0 Å². The van der Waals surface area contributed by atoms with Crippen molar-refractivity contribution in [3.8, 4) is 0 Å². The van der Waals surface area contributed by atoms with Crippen LogP contribution in [0.1, 0.15) is 48.5 Å². The summed E-state index contributed by atoms with van der Waals surface area (Å²) in [6.07, 6.45) is 0. The Labute approximate surface area is 252 Å². The first-order valence-electron chi connectivity index (χ1n) is 6.92. The minimum Gasteiger partial charge on any atom is -2.00 e. The van der Waals surface area contributed by atoms with Gasteiger partial charge >= 0.3 is 51.2 Å². The first kappa shape index (κ1) is 100. The number of hydrogen-bond acceptors (Lipinski definition) is 16. The summed E-state index contributed by atoms with van der Waals surface area (Å²) in [5.74, 6) is -7.33. The van der Waals surface area contributed by atoms with Crippen LogP contribution in [0.5, 0.6) is 0 Å². The third-order valence-corrected chi connectivity index (χ3v) is 0. The Kier molecular flexibility index (Phi) is 236. The number of carboxylic acids is 7. The van der Waals surface area contributed by atoms with Crippen molar-refractivity contribution in [3.05, 3.63) is 15.3 Å². The molecule has 10 N–H and O–H groups in total. The van der Waals surface area contributed by atoms with Crippen molar-refractivity contribution in [2.75, 3.05) is 0 Å². The maximum atomic E-state index is 9.00. The molecule has 25 heteroatoms. The Bertz CT molecular complexity index is 384. The average Bonchev–Trinajstić information content (AvgIpc) is 2.30. The van der Waals surface area contributed by atoms with E-state index < -0.39 is 46.9 Å². The first-order chi connectivity index (χ1) is 13.9. The molecule has 0 rings (SSSR count). The normalized spacial score (nSPS) is 5.10. The fraction of sp³-hybridized carbons (Fsp3) is 0.500. The van der Waals surface area contributed by atoms with Gasteiger partial charge in [0.2, 0.25) is 0 Å². The van der Waals surface area contributed by atoms with Gasteiger partial charge in [0.1, 0.15) is 0 Å². The van der Waals surface area contributed by atoms with Gasteiger partial charge in [0.15, 0.2) is 0 Å². The van der Waals surface area contributed by atoms with Crippen molar-refractivity contribution in [2.24, 2.45) is 0 Å². The van der Waals surface area contributed by atoms with Gasteiger partial charge in [-0.2, -0.15) is 0 Å². The minimum absolute atomic E-state index is 0. The fourth-order valence-electron chi connectivity index (χ4n) is 0. The van der Waals surface area contributed by atoms with Crippen molar-refractivity contribution < 1.29 is 148 Å². The van der Waals surface area contributed by atoms with E-state index in [1.54, 1.807) is 0 Å². The predicted molar refractivity (Wildman–Crippen MR) is 103 cm³/mol. The van der Waals surface area contributed by atoms with E-state index in [4.69, 9.17) is 84.6 Å². The molecule has 0 heterocycles. The van der Waals surface area contributed by atoms with Crippen LogP contribution < -0.4 is 30.6 Å². The molecule has 0 fully saturated rings. The minimum atomic E-state index is -1.75. The van der Waals surface area contributed by atoms with Crippen molar-refractivity contribution in [1.82, 2.24) is 0 Å². The first-order valence-corrected chi connectivity index (χ1v) is 6.92. The van der Waals surface area contributed by atoms with Crippen LogP contribution in [0.2, 0.25) is 0 Å². The molecule has 0 unspecified atom stereocenters. The molecule has 22 nitrogen and oxygen atoms in total. The number of hydrogen-bond donors (Lipinski definition) is 1. The quantitative estimate of drug-likeness (QED) is 0.105. The second-order valence-electron chi connectivity index (χ2n) is 3.69. The molecule has 0 spiro atoms. The van der Waals surface area contributed by atoms with Crippen LogP contribution in [-0.2, 0) is 107 Å². The number of aliphatic carboxylic acids is 7. The molecular weight excluding hydrogens is 686 g/mol. The van der Waals surface area contributed by atoms with E-state index in [-0.39, 0.29) is 73.1 Å². The Hall–Kier alpha value is -3.11. The summed E-state index contributed by atoms with van der Waals surface area (Å²) in [6, 6.07) is 0. The van der Waals surface area contributed by atoms with Crippen LogP contribution in [0.3, 0.4) is 0 Å². The Morgan fingerprint density at radius 1 is 0.462 bits per heavy atom. The molecule has 0 aliphatic carbocycles. The van der Waals surface area contributed by atoms with Gasteiger partial charge in [-0.25, -0.2) is 0 Å². The van der Waals surface area contributed by atoms with Crippen molar-refractivity contribution in [3.63, 3.8) is 0 Å². The number of rotatable bonds is 0. The summed E-state index contributed by atoms with van der Waals surface area (Å²) in [5.41, 5.74) is 0. The van der Waals surface area contributed by atoms with Gasteiger partial charge in [0.25, 0.3) is 5.97 Å². The van der Waals surface area contributed by atoms with Gasteiger partial charge in [-0.05, 0) is 41.5 Å². The van der Waals surface area contributed by atoms with Crippen LogP contribution in [0.15, 0.2) is 0 Å². The summed E-state index contributed by atoms with van der Waals surface area (Å²) >= 11 is 0. The summed E-state index contributed by atoms with van der Waals surface area (Å²) in [6.45, 7) is 6.92. The average molecular weight is 717 g/mol. The van der Waals surface area contributed by atoms with Crippen LogP contribution >= 0.6 is 0 Å². The van der Waals surface area contributed by atoms with Crippen LogP contribution in [0.4, 0.5) is 0 Å². The van der Waals surface area contributed by atoms with Crippen molar-refractivity contribution in [1.29, 1.82) is 0 Å². The van der Waals surface area contributed by atoms with E-state index in [1.807, 2.05) is 0 Å². The van der Waals surface area contributed by atoms with Gasteiger partial charge in [0, 0.05) is 42.7 Å². The Morgan fingerprint density at radius 2 is 0.462 bits per heavy atom. The molecule has 0 atom stereocenters. The van der Waals surface area contributed by atoms with Gasteiger partial charge in [-0.15, -0.1) is 0 Å². The summed E-state index contributed by atoms with van der Waals surface area (Å²) in [5, 5.41) is 75.5. The zero-order chi connectivity index (χ0) is 28.6. The van der Waals surface area contributed by atoms with Crippen molar-refractivity contribution >= 4 is 41.8 Å². The molecule has 0 bridgehead atoms.